The highest BCUT2D eigenvalue weighted by molar-refractivity contribution is 5.54. The molecule has 2 heterocycles. The van der Waals surface area contributed by atoms with E-state index in [-0.39, 0.29) is 0 Å². The highest BCUT2D eigenvalue weighted by Crippen LogP contribution is 2.32. The van der Waals surface area contributed by atoms with E-state index in [0.29, 0.717) is 19.0 Å². The van der Waals surface area contributed by atoms with Crippen LogP contribution in [0.15, 0.2) is 30.3 Å². The molecule has 1 saturated heterocycles. The van der Waals surface area contributed by atoms with Gasteiger partial charge in [-0.05, 0) is 0 Å². The van der Waals surface area contributed by atoms with Gasteiger partial charge in [-0.2, -0.15) is 5.10 Å². The number of hydrogen-bond acceptors (Lipinski definition) is 4. The summed E-state index contributed by atoms with van der Waals surface area (Å²) in [5.41, 5.74) is 0.519. The summed E-state index contributed by atoms with van der Waals surface area (Å²) >= 11 is 0. The topological polar surface area (TPSA) is 60.0 Å². The van der Waals surface area contributed by atoms with Gasteiger partial charge in [-0.3, -0.25) is 5.10 Å². The third-order valence-corrected chi connectivity index (χ3v) is 3.33. The van der Waals surface area contributed by atoms with E-state index >= 15 is 0 Å². The molecule has 5 heteroatoms. The number of H-pyrrole nitrogens is 1. The van der Waals surface area contributed by atoms with Crippen LogP contribution in [0, 0.1) is 0 Å². The molecule has 0 amide bonds. The molecule has 1 unspecified atom stereocenters. The van der Waals surface area contributed by atoms with Crippen molar-refractivity contribution in [1.82, 2.24) is 15.2 Å². The molecule has 1 aromatic heterocycles. The Morgan fingerprint density at radius 3 is 2.83 bits per heavy atom. The third kappa shape index (κ3) is 1.81. The summed E-state index contributed by atoms with van der Waals surface area (Å²) in [5, 5.41) is 7.22. The van der Waals surface area contributed by atoms with Gasteiger partial charge in [0.2, 0.25) is 0 Å². The second-order valence-corrected chi connectivity index (χ2v) is 4.37. The van der Waals surface area contributed by atoms with Crippen molar-refractivity contribution in [1.29, 1.82) is 0 Å². The normalized spacial score (nSPS) is 23.4. The molecule has 0 saturated carbocycles. The predicted molar refractivity (Wildman–Crippen MR) is 65.9 cm³/mol. The first-order chi connectivity index (χ1) is 8.84. The van der Waals surface area contributed by atoms with Gasteiger partial charge in [-0.1, -0.05) is 30.3 Å². The number of rotatable bonds is 3. The van der Waals surface area contributed by atoms with Crippen LogP contribution in [0.5, 0.6) is 0 Å². The first-order valence-corrected chi connectivity index (χ1v) is 5.95. The monoisotopic (exact) mass is 245 g/mol. The van der Waals surface area contributed by atoms with Crippen LogP contribution in [0.4, 0.5) is 0 Å². The van der Waals surface area contributed by atoms with E-state index in [1.165, 1.54) is 0 Å². The van der Waals surface area contributed by atoms with Crippen LogP contribution in [-0.2, 0) is 15.1 Å². The lowest BCUT2D eigenvalue weighted by Gasteiger charge is -2.22. The molecule has 5 nitrogen and oxygen atoms in total. The smallest absolute Gasteiger partial charge is 0.181 e. The molecule has 0 aliphatic carbocycles. The average molecular weight is 245 g/mol. The van der Waals surface area contributed by atoms with Gasteiger partial charge in [0.15, 0.2) is 17.2 Å². The summed E-state index contributed by atoms with van der Waals surface area (Å²) in [6, 6.07) is 9.87. The highest BCUT2D eigenvalue weighted by atomic mass is 16.5. The van der Waals surface area contributed by atoms with Crippen molar-refractivity contribution in [2.24, 2.45) is 0 Å². The lowest BCUT2D eigenvalue weighted by molar-refractivity contribution is -0.0278. The molecule has 1 aromatic carbocycles. The van der Waals surface area contributed by atoms with Crippen LogP contribution in [0.3, 0.4) is 0 Å². The Labute approximate surface area is 105 Å². The molecule has 1 fully saturated rings. The summed E-state index contributed by atoms with van der Waals surface area (Å²) in [6.45, 7) is 1.21. The minimum absolute atomic E-state index is 0.472. The summed E-state index contributed by atoms with van der Waals surface area (Å²) in [5.74, 6) is 1.43. The molecular formula is C13H15N3O2. The zero-order valence-electron chi connectivity index (χ0n) is 10.2. The van der Waals surface area contributed by atoms with Crippen molar-refractivity contribution >= 4 is 0 Å². The number of nitrogens with one attached hydrogen (secondary N) is 1. The summed E-state index contributed by atoms with van der Waals surface area (Å²) in [4.78, 5) is 4.53. The van der Waals surface area contributed by atoms with Crippen molar-refractivity contribution in [3.63, 3.8) is 0 Å². The van der Waals surface area contributed by atoms with E-state index in [2.05, 4.69) is 15.2 Å². The second kappa shape index (κ2) is 4.51. The maximum Gasteiger partial charge on any atom is 0.181 e. The van der Waals surface area contributed by atoms with Crippen LogP contribution >= 0.6 is 0 Å². The number of benzene rings is 1. The van der Waals surface area contributed by atoms with Crippen molar-refractivity contribution in [3.05, 3.63) is 36.2 Å². The van der Waals surface area contributed by atoms with Crippen molar-refractivity contribution in [3.8, 4) is 11.4 Å². The van der Waals surface area contributed by atoms with Crippen LogP contribution in [0.2, 0.25) is 0 Å². The van der Waals surface area contributed by atoms with Gasteiger partial charge < -0.3 is 9.47 Å². The number of ether oxygens (including phenoxy) is 2. The van der Waals surface area contributed by atoms with Gasteiger partial charge in [-0.25, -0.2) is 4.98 Å². The fourth-order valence-corrected chi connectivity index (χ4v) is 2.17. The molecule has 18 heavy (non-hydrogen) atoms. The second-order valence-electron chi connectivity index (χ2n) is 4.37. The standard InChI is InChI=1S/C13H15N3O2/c1-17-13(7-8-18-9-13)12-14-11(15-16-12)10-5-3-2-4-6-10/h2-6H,7-9H2,1H3,(H,14,15,16). The Hall–Kier alpha value is -1.72. The molecule has 1 aliphatic rings. The van der Waals surface area contributed by atoms with Crippen LogP contribution in [0.1, 0.15) is 12.2 Å². The van der Waals surface area contributed by atoms with Crippen molar-refractivity contribution < 1.29 is 9.47 Å². The molecule has 1 aliphatic heterocycles. The van der Waals surface area contributed by atoms with Crippen LogP contribution in [0.25, 0.3) is 11.4 Å². The first kappa shape index (κ1) is 11.4. The molecule has 1 N–H and O–H groups in total. The SMILES string of the molecule is COC1(c2nc(-c3ccccc3)n[nH]2)CCOC1. The number of hydrogen-bond donors (Lipinski definition) is 1. The maximum atomic E-state index is 5.58. The molecule has 0 bridgehead atoms. The fraction of sp³-hybridized carbons (Fsp3) is 0.385. The van der Waals surface area contributed by atoms with E-state index in [9.17, 15) is 0 Å². The molecule has 0 spiro atoms. The van der Waals surface area contributed by atoms with Gasteiger partial charge >= 0.3 is 0 Å². The van der Waals surface area contributed by atoms with Crippen LogP contribution in [-0.4, -0.2) is 35.5 Å². The third-order valence-electron chi connectivity index (χ3n) is 3.33. The summed E-state index contributed by atoms with van der Waals surface area (Å²) in [6.07, 6.45) is 0.799. The van der Waals surface area contributed by atoms with Gasteiger partial charge in [0, 0.05) is 19.1 Å². The highest BCUT2D eigenvalue weighted by Gasteiger charge is 2.40. The number of nitrogens with zero attached hydrogens (tertiary/aromatic N) is 2. The zero-order valence-corrected chi connectivity index (χ0v) is 10.2. The Balaban J connectivity index is 1.94. The first-order valence-electron chi connectivity index (χ1n) is 5.95. The Kier molecular flexibility index (Phi) is 2.85. The molecule has 94 valence electrons. The molecule has 2 aromatic rings. The predicted octanol–water partition coefficient (Wildman–Crippen LogP) is 1.73. The average Bonchev–Trinajstić information content (AvgIpc) is 3.09. The summed E-state index contributed by atoms with van der Waals surface area (Å²) < 4.78 is 11.0. The lowest BCUT2D eigenvalue weighted by Crippen LogP contribution is -2.30. The van der Waals surface area contributed by atoms with E-state index in [0.717, 1.165) is 17.8 Å². The van der Waals surface area contributed by atoms with Gasteiger partial charge in [0.25, 0.3) is 0 Å². The minimum atomic E-state index is -0.472. The fourth-order valence-electron chi connectivity index (χ4n) is 2.17. The van der Waals surface area contributed by atoms with Crippen LogP contribution < -0.4 is 0 Å². The number of aromatic amines is 1. The van der Waals surface area contributed by atoms with Crippen molar-refractivity contribution in [2.75, 3.05) is 20.3 Å². The van der Waals surface area contributed by atoms with Crippen molar-refractivity contribution in [2.45, 2.75) is 12.0 Å². The Morgan fingerprint density at radius 1 is 1.33 bits per heavy atom. The quantitative estimate of drug-likeness (QED) is 0.894. The largest absolute Gasteiger partial charge is 0.378 e. The zero-order chi connectivity index (χ0) is 12.4. The molecule has 0 radical (unpaired) electrons. The molecule has 1 atom stereocenters. The van der Waals surface area contributed by atoms with Gasteiger partial charge in [0.1, 0.15) is 0 Å². The van der Waals surface area contributed by atoms with E-state index in [1.807, 2.05) is 30.3 Å². The Morgan fingerprint density at radius 2 is 2.17 bits per heavy atom. The number of aromatic nitrogens is 3. The van der Waals surface area contributed by atoms with Gasteiger partial charge in [0.05, 0.1) is 13.2 Å². The summed E-state index contributed by atoms with van der Waals surface area (Å²) in [7, 11) is 1.68. The minimum Gasteiger partial charge on any atom is -0.378 e. The maximum absolute atomic E-state index is 5.58. The van der Waals surface area contributed by atoms with E-state index in [1.54, 1.807) is 7.11 Å². The Bertz CT molecular complexity index is 518. The number of methoxy groups -OCH3 is 1. The van der Waals surface area contributed by atoms with Gasteiger partial charge in [-0.15, -0.1) is 0 Å². The molecule has 3 rings (SSSR count). The van der Waals surface area contributed by atoms with E-state index in [4.69, 9.17) is 9.47 Å². The molecular weight excluding hydrogens is 230 g/mol. The lowest BCUT2D eigenvalue weighted by atomic mass is 10.0. The van der Waals surface area contributed by atoms with E-state index < -0.39 is 5.60 Å².